The van der Waals surface area contributed by atoms with Crippen LogP contribution >= 0.6 is 0 Å². The largest absolute Gasteiger partial charge is 0.313 e. The molecule has 0 spiro atoms. The predicted octanol–water partition coefficient (Wildman–Crippen LogP) is 3.52. The molecule has 2 unspecified atom stereocenters. The molecule has 0 aliphatic heterocycles. The molecule has 0 bridgehead atoms. The van der Waals surface area contributed by atoms with Gasteiger partial charge in [0.15, 0.2) is 0 Å². The van der Waals surface area contributed by atoms with Gasteiger partial charge in [-0.1, -0.05) is 40.5 Å². The highest BCUT2D eigenvalue weighted by atomic mass is 15.1. The highest BCUT2D eigenvalue weighted by molar-refractivity contribution is 4.96. The van der Waals surface area contributed by atoms with E-state index in [4.69, 9.17) is 0 Å². The summed E-state index contributed by atoms with van der Waals surface area (Å²) in [5.41, 5.74) is 0.477. The molecule has 18 heavy (non-hydrogen) atoms. The van der Waals surface area contributed by atoms with Crippen molar-refractivity contribution in [1.29, 1.82) is 0 Å². The van der Waals surface area contributed by atoms with Gasteiger partial charge in [-0.15, -0.1) is 0 Å². The summed E-state index contributed by atoms with van der Waals surface area (Å²) in [6, 6.07) is 0.705. The zero-order valence-corrected chi connectivity index (χ0v) is 13.3. The van der Waals surface area contributed by atoms with Crippen LogP contribution in [0, 0.1) is 11.3 Å². The van der Waals surface area contributed by atoms with Crippen LogP contribution in [0.5, 0.6) is 0 Å². The van der Waals surface area contributed by atoms with Crippen LogP contribution in [-0.2, 0) is 0 Å². The van der Waals surface area contributed by atoms with Crippen molar-refractivity contribution in [2.45, 2.75) is 65.8 Å². The highest BCUT2D eigenvalue weighted by Gasteiger charge is 2.41. The molecule has 1 rings (SSSR count). The van der Waals surface area contributed by atoms with E-state index in [1.54, 1.807) is 0 Å². The maximum atomic E-state index is 3.73. The van der Waals surface area contributed by atoms with Crippen LogP contribution in [-0.4, -0.2) is 37.6 Å². The Morgan fingerprint density at radius 3 is 2.56 bits per heavy atom. The molecule has 0 aromatic heterocycles. The van der Waals surface area contributed by atoms with Gasteiger partial charge < -0.3 is 10.2 Å². The van der Waals surface area contributed by atoms with E-state index in [9.17, 15) is 0 Å². The molecule has 0 aromatic rings. The lowest BCUT2D eigenvalue weighted by Crippen LogP contribution is -2.45. The van der Waals surface area contributed by atoms with Crippen LogP contribution in [0.1, 0.15) is 59.8 Å². The lowest BCUT2D eigenvalue weighted by molar-refractivity contribution is 0.204. The molecule has 1 saturated carbocycles. The van der Waals surface area contributed by atoms with Crippen LogP contribution < -0.4 is 5.32 Å². The lowest BCUT2D eigenvalue weighted by Gasteiger charge is -2.33. The van der Waals surface area contributed by atoms with Crippen molar-refractivity contribution >= 4 is 0 Å². The smallest absolute Gasteiger partial charge is 0.0159 e. The predicted molar refractivity (Wildman–Crippen MR) is 81.0 cm³/mol. The minimum absolute atomic E-state index is 0.477. The van der Waals surface area contributed by atoms with Crippen molar-refractivity contribution < 1.29 is 0 Å². The van der Waals surface area contributed by atoms with Crippen molar-refractivity contribution in [3.63, 3.8) is 0 Å². The highest BCUT2D eigenvalue weighted by Crippen LogP contribution is 2.41. The summed E-state index contributed by atoms with van der Waals surface area (Å²) in [6.07, 6.45) is 6.82. The zero-order chi connectivity index (χ0) is 13.6. The summed E-state index contributed by atoms with van der Waals surface area (Å²) >= 11 is 0. The summed E-state index contributed by atoms with van der Waals surface area (Å²) in [4.78, 5) is 2.55. The van der Waals surface area contributed by atoms with Gasteiger partial charge in [0.05, 0.1) is 0 Å². The molecule has 1 aliphatic rings. The Hall–Kier alpha value is -0.0800. The van der Waals surface area contributed by atoms with E-state index in [-0.39, 0.29) is 0 Å². The van der Waals surface area contributed by atoms with E-state index < -0.39 is 0 Å². The average Bonchev–Trinajstić information content (AvgIpc) is 2.57. The normalized spacial score (nSPS) is 27.0. The van der Waals surface area contributed by atoms with Gasteiger partial charge in [-0.2, -0.15) is 0 Å². The Bertz CT molecular complexity index is 225. The van der Waals surface area contributed by atoms with Crippen LogP contribution in [0.3, 0.4) is 0 Å². The minimum Gasteiger partial charge on any atom is -0.313 e. The minimum atomic E-state index is 0.477. The number of nitrogens with one attached hydrogen (secondary N) is 1. The van der Waals surface area contributed by atoms with E-state index in [0.717, 1.165) is 12.5 Å². The second-order valence-corrected chi connectivity index (χ2v) is 6.79. The van der Waals surface area contributed by atoms with Gasteiger partial charge >= 0.3 is 0 Å². The third-order valence-corrected chi connectivity index (χ3v) is 4.59. The molecule has 0 saturated heterocycles. The fourth-order valence-electron chi connectivity index (χ4n) is 3.50. The number of nitrogens with zero attached hydrogens (tertiary/aromatic N) is 1. The Morgan fingerprint density at radius 1 is 1.22 bits per heavy atom. The summed E-state index contributed by atoms with van der Waals surface area (Å²) in [5, 5.41) is 3.73. The summed E-state index contributed by atoms with van der Waals surface area (Å²) in [7, 11) is 2.30. The molecule has 1 aliphatic carbocycles. The van der Waals surface area contributed by atoms with Gasteiger partial charge in [-0.25, -0.2) is 0 Å². The molecule has 0 aromatic carbocycles. The monoisotopic (exact) mass is 254 g/mol. The Labute approximate surface area is 115 Å². The number of unbranched alkanes of at least 4 members (excludes halogenated alkanes) is 2. The van der Waals surface area contributed by atoms with Gasteiger partial charge in [0.25, 0.3) is 0 Å². The third-order valence-electron chi connectivity index (χ3n) is 4.59. The maximum absolute atomic E-state index is 3.73. The molecule has 2 atom stereocenters. The SMILES string of the molecule is CCCCCN(C)CC1CCC(C)(C)C1NCC. The van der Waals surface area contributed by atoms with Crippen LogP contribution in [0.2, 0.25) is 0 Å². The number of hydrogen-bond acceptors (Lipinski definition) is 2. The van der Waals surface area contributed by atoms with E-state index in [2.05, 4.69) is 45.0 Å². The topological polar surface area (TPSA) is 15.3 Å². The van der Waals surface area contributed by atoms with Crippen LogP contribution in [0.25, 0.3) is 0 Å². The van der Waals surface area contributed by atoms with Crippen molar-refractivity contribution in [2.24, 2.45) is 11.3 Å². The summed E-state index contributed by atoms with van der Waals surface area (Å²) < 4.78 is 0. The van der Waals surface area contributed by atoms with Gasteiger partial charge in [0.2, 0.25) is 0 Å². The van der Waals surface area contributed by atoms with E-state index in [0.29, 0.717) is 11.5 Å². The first-order valence-corrected chi connectivity index (χ1v) is 7.93. The van der Waals surface area contributed by atoms with E-state index >= 15 is 0 Å². The van der Waals surface area contributed by atoms with Crippen LogP contribution in [0.4, 0.5) is 0 Å². The fourth-order valence-corrected chi connectivity index (χ4v) is 3.50. The first-order valence-electron chi connectivity index (χ1n) is 7.93. The fraction of sp³-hybridized carbons (Fsp3) is 1.00. The number of hydrogen-bond donors (Lipinski definition) is 1. The molecule has 2 heteroatoms. The Morgan fingerprint density at radius 2 is 1.94 bits per heavy atom. The van der Waals surface area contributed by atoms with E-state index in [1.165, 1.54) is 45.2 Å². The van der Waals surface area contributed by atoms with Crippen molar-refractivity contribution in [3.8, 4) is 0 Å². The maximum Gasteiger partial charge on any atom is 0.0159 e. The van der Waals surface area contributed by atoms with Crippen LogP contribution in [0.15, 0.2) is 0 Å². The molecular weight excluding hydrogens is 220 g/mol. The lowest BCUT2D eigenvalue weighted by atomic mass is 9.84. The van der Waals surface area contributed by atoms with Gasteiger partial charge in [0, 0.05) is 12.6 Å². The van der Waals surface area contributed by atoms with Gasteiger partial charge in [0.1, 0.15) is 0 Å². The molecule has 0 heterocycles. The van der Waals surface area contributed by atoms with E-state index in [1.807, 2.05) is 0 Å². The Balaban J connectivity index is 2.40. The molecule has 108 valence electrons. The second-order valence-electron chi connectivity index (χ2n) is 6.79. The van der Waals surface area contributed by atoms with Crippen molar-refractivity contribution in [2.75, 3.05) is 26.7 Å². The third kappa shape index (κ3) is 4.55. The van der Waals surface area contributed by atoms with Crippen molar-refractivity contribution in [3.05, 3.63) is 0 Å². The summed E-state index contributed by atoms with van der Waals surface area (Å²) in [5.74, 6) is 0.839. The standard InChI is InChI=1S/C16H34N2/c1-6-8-9-12-18(5)13-14-10-11-16(3,4)15(14)17-7-2/h14-15,17H,6-13H2,1-5H3. The second kappa shape index (κ2) is 7.49. The Kier molecular flexibility index (Phi) is 6.65. The molecule has 2 nitrogen and oxygen atoms in total. The molecule has 0 amide bonds. The molecule has 1 N–H and O–H groups in total. The molecule has 1 fully saturated rings. The molecule has 0 radical (unpaired) electrons. The average molecular weight is 254 g/mol. The summed E-state index contributed by atoms with van der Waals surface area (Å²) in [6.45, 7) is 13.0. The van der Waals surface area contributed by atoms with Gasteiger partial charge in [-0.3, -0.25) is 0 Å². The van der Waals surface area contributed by atoms with Gasteiger partial charge in [-0.05, 0) is 50.7 Å². The molecular formula is C16H34N2. The zero-order valence-electron chi connectivity index (χ0n) is 13.3. The first-order chi connectivity index (χ1) is 8.51. The van der Waals surface area contributed by atoms with Crippen molar-refractivity contribution in [1.82, 2.24) is 10.2 Å². The first kappa shape index (κ1) is 16.0. The quantitative estimate of drug-likeness (QED) is 0.667. The number of rotatable bonds is 8.